The highest BCUT2D eigenvalue weighted by atomic mass is 14.3. The highest BCUT2D eigenvalue weighted by molar-refractivity contribution is 5.23. The minimum atomic E-state index is 0.0150. The topological polar surface area (TPSA) is 47.6 Å². The summed E-state index contributed by atoms with van der Waals surface area (Å²) in [5.41, 5.74) is 2.33. The lowest BCUT2D eigenvalue weighted by Gasteiger charge is -1.99. The maximum Gasteiger partial charge on any atom is 0.0700 e. The predicted molar refractivity (Wildman–Crippen MR) is 80.8 cm³/mol. The summed E-state index contributed by atoms with van der Waals surface area (Å²) in [6, 6.07) is 24.1. The average Bonchev–Trinajstić information content (AvgIpc) is 2.54. The highest BCUT2D eigenvalue weighted by Gasteiger charge is 1.99. The van der Waals surface area contributed by atoms with Crippen LogP contribution in [0.5, 0.6) is 0 Å². The van der Waals surface area contributed by atoms with E-state index < -0.39 is 0 Å². The van der Waals surface area contributed by atoms with Crippen LogP contribution in [0.1, 0.15) is 30.4 Å². The molecule has 1 unspecified atom stereocenters. The monoisotopic (exact) mass is 262 g/mol. The Balaban J connectivity index is 0.000000200. The van der Waals surface area contributed by atoms with Crippen molar-refractivity contribution in [1.82, 2.24) is 0 Å². The Bertz CT molecular complexity index is 562. The average molecular weight is 262 g/mol. The third-order valence-electron chi connectivity index (χ3n) is 2.86. The Morgan fingerprint density at radius 1 is 0.900 bits per heavy atom. The number of nitrogens with zero attached hydrogens (tertiary/aromatic N) is 2. The van der Waals surface area contributed by atoms with Gasteiger partial charge in [-0.2, -0.15) is 10.5 Å². The van der Waals surface area contributed by atoms with Crippen molar-refractivity contribution in [2.75, 3.05) is 0 Å². The molecule has 0 spiro atoms. The van der Waals surface area contributed by atoms with E-state index in [0.29, 0.717) is 6.42 Å². The first-order valence-electron chi connectivity index (χ1n) is 6.63. The Kier molecular flexibility index (Phi) is 7.25. The first-order valence-corrected chi connectivity index (χ1v) is 6.63. The zero-order valence-corrected chi connectivity index (χ0v) is 11.7. The Morgan fingerprint density at radius 2 is 1.45 bits per heavy atom. The van der Waals surface area contributed by atoms with Gasteiger partial charge < -0.3 is 0 Å². The Morgan fingerprint density at radius 3 is 1.95 bits per heavy atom. The molecular formula is C18H18N2. The Labute approximate surface area is 120 Å². The number of aryl methyl sites for hydroxylation is 1. The van der Waals surface area contributed by atoms with Crippen LogP contribution in [0.2, 0.25) is 0 Å². The molecule has 2 nitrogen and oxygen atoms in total. The van der Waals surface area contributed by atoms with E-state index in [2.05, 4.69) is 12.1 Å². The number of hydrogen-bond acceptors (Lipinski definition) is 2. The minimum Gasteiger partial charge on any atom is -0.198 e. The molecule has 100 valence electrons. The Hall–Kier alpha value is -2.58. The van der Waals surface area contributed by atoms with Crippen molar-refractivity contribution in [2.45, 2.75) is 25.7 Å². The van der Waals surface area contributed by atoms with Crippen molar-refractivity contribution >= 4 is 0 Å². The van der Waals surface area contributed by atoms with Crippen LogP contribution in [0.3, 0.4) is 0 Å². The molecule has 0 aliphatic carbocycles. The fourth-order valence-corrected chi connectivity index (χ4v) is 1.66. The second-order valence-electron chi connectivity index (χ2n) is 4.41. The van der Waals surface area contributed by atoms with Gasteiger partial charge in [0.15, 0.2) is 0 Å². The molecule has 0 N–H and O–H groups in total. The fraction of sp³-hybridized carbons (Fsp3) is 0.222. The van der Waals surface area contributed by atoms with Crippen LogP contribution < -0.4 is 0 Å². The standard InChI is InChI=1S/2C9H9N/c1-8(7-10)9-5-3-2-4-6-9;10-8-4-7-9-5-2-1-3-6-9/h2-6,8H,1H3;1-3,5-6H,4,7H2. The minimum absolute atomic E-state index is 0.0150. The van der Waals surface area contributed by atoms with Crippen molar-refractivity contribution in [3.8, 4) is 12.1 Å². The molecule has 20 heavy (non-hydrogen) atoms. The van der Waals surface area contributed by atoms with Crippen molar-refractivity contribution in [3.63, 3.8) is 0 Å². The molecule has 0 aromatic heterocycles. The maximum absolute atomic E-state index is 8.54. The smallest absolute Gasteiger partial charge is 0.0700 e. The van der Waals surface area contributed by atoms with Crippen LogP contribution in [0.25, 0.3) is 0 Å². The van der Waals surface area contributed by atoms with Crippen LogP contribution in [0.15, 0.2) is 60.7 Å². The maximum atomic E-state index is 8.54. The largest absolute Gasteiger partial charge is 0.198 e. The van der Waals surface area contributed by atoms with E-state index >= 15 is 0 Å². The van der Waals surface area contributed by atoms with Crippen LogP contribution in [-0.2, 0) is 6.42 Å². The molecular weight excluding hydrogens is 244 g/mol. The normalized spacial score (nSPS) is 10.3. The van der Waals surface area contributed by atoms with Gasteiger partial charge in [0.25, 0.3) is 0 Å². The van der Waals surface area contributed by atoms with Crippen LogP contribution in [0, 0.1) is 22.7 Å². The molecule has 2 heteroatoms. The lowest BCUT2D eigenvalue weighted by atomic mass is 10.0. The molecule has 2 rings (SSSR count). The second-order valence-corrected chi connectivity index (χ2v) is 4.41. The van der Waals surface area contributed by atoms with Crippen LogP contribution in [-0.4, -0.2) is 0 Å². The van der Waals surface area contributed by atoms with Crippen LogP contribution in [0.4, 0.5) is 0 Å². The van der Waals surface area contributed by atoms with Gasteiger partial charge in [-0.25, -0.2) is 0 Å². The van der Waals surface area contributed by atoms with Gasteiger partial charge in [0, 0.05) is 6.42 Å². The molecule has 2 aromatic rings. The third kappa shape index (κ3) is 5.85. The summed E-state index contributed by atoms with van der Waals surface area (Å²) < 4.78 is 0. The molecule has 0 bridgehead atoms. The SMILES string of the molecule is CC(C#N)c1ccccc1.N#CCCc1ccccc1. The molecule has 0 aliphatic heterocycles. The molecule has 0 aliphatic rings. The van der Waals surface area contributed by atoms with Crippen molar-refractivity contribution in [2.24, 2.45) is 0 Å². The van der Waals surface area contributed by atoms with E-state index in [-0.39, 0.29) is 5.92 Å². The van der Waals surface area contributed by atoms with Gasteiger partial charge in [-0.1, -0.05) is 60.7 Å². The summed E-state index contributed by atoms with van der Waals surface area (Å²) in [5.74, 6) is 0.0150. The van der Waals surface area contributed by atoms with Gasteiger partial charge in [0.05, 0.1) is 18.1 Å². The quantitative estimate of drug-likeness (QED) is 0.820. The molecule has 0 amide bonds. The molecule has 0 saturated heterocycles. The van der Waals surface area contributed by atoms with Gasteiger partial charge in [0.1, 0.15) is 0 Å². The molecule has 0 saturated carbocycles. The fourth-order valence-electron chi connectivity index (χ4n) is 1.66. The highest BCUT2D eigenvalue weighted by Crippen LogP contribution is 2.11. The summed E-state index contributed by atoms with van der Waals surface area (Å²) in [5, 5.41) is 16.8. The molecule has 1 atom stereocenters. The van der Waals surface area contributed by atoms with Gasteiger partial charge in [-0.15, -0.1) is 0 Å². The van der Waals surface area contributed by atoms with E-state index in [9.17, 15) is 0 Å². The molecule has 0 radical (unpaired) electrons. The van der Waals surface area contributed by atoms with Crippen molar-refractivity contribution in [1.29, 1.82) is 10.5 Å². The molecule has 0 heterocycles. The predicted octanol–water partition coefficient (Wildman–Crippen LogP) is 4.46. The van der Waals surface area contributed by atoms with Gasteiger partial charge in [-0.05, 0) is 24.5 Å². The van der Waals surface area contributed by atoms with Crippen molar-refractivity contribution < 1.29 is 0 Å². The third-order valence-corrected chi connectivity index (χ3v) is 2.86. The van der Waals surface area contributed by atoms with E-state index in [1.165, 1.54) is 5.56 Å². The number of rotatable bonds is 3. The zero-order chi connectivity index (χ0) is 14.6. The lowest BCUT2D eigenvalue weighted by Crippen LogP contribution is -1.86. The summed E-state index contributed by atoms with van der Waals surface area (Å²) in [6.45, 7) is 1.90. The first-order chi connectivity index (χ1) is 9.77. The van der Waals surface area contributed by atoms with Crippen molar-refractivity contribution in [3.05, 3.63) is 71.8 Å². The number of benzene rings is 2. The molecule has 2 aromatic carbocycles. The summed E-state index contributed by atoms with van der Waals surface area (Å²) >= 11 is 0. The lowest BCUT2D eigenvalue weighted by molar-refractivity contribution is 0.982. The van der Waals surface area contributed by atoms with E-state index in [0.717, 1.165) is 12.0 Å². The zero-order valence-electron chi connectivity index (χ0n) is 11.7. The van der Waals surface area contributed by atoms with E-state index in [1.807, 2.05) is 67.6 Å². The summed E-state index contributed by atoms with van der Waals surface area (Å²) in [6.07, 6.45) is 1.49. The summed E-state index contributed by atoms with van der Waals surface area (Å²) in [4.78, 5) is 0. The molecule has 0 fully saturated rings. The van der Waals surface area contributed by atoms with Gasteiger partial charge in [-0.3, -0.25) is 0 Å². The number of nitriles is 2. The van der Waals surface area contributed by atoms with E-state index in [1.54, 1.807) is 0 Å². The first kappa shape index (κ1) is 15.5. The van der Waals surface area contributed by atoms with Crippen LogP contribution >= 0.6 is 0 Å². The number of hydrogen-bond donors (Lipinski definition) is 0. The summed E-state index contributed by atoms with van der Waals surface area (Å²) in [7, 11) is 0. The van der Waals surface area contributed by atoms with Gasteiger partial charge in [0.2, 0.25) is 0 Å². The second kappa shape index (κ2) is 9.36. The van der Waals surface area contributed by atoms with E-state index in [4.69, 9.17) is 10.5 Å². The van der Waals surface area contributed by atoms with Gasteiger partial charge >= 0.3 is 0 Å².